The molecule has 0 aliphatic rings. The van der Waals surface area contributed by atoms with E-state index in [0.29, 0.717) is 32.7 Å². The Labute approximate surface area is 126 Å². The van der Waals surface area contributed by atoms with Crippen molar-refractivity contribution in [2.45, 2.75) is 0 Å². The summed E-state index contributed by atoms with van der Waals surface area (Å²) in [6, 6.07) is 10.3. The SMILES string of the molecule is CNC(=O)c1cc(N)ccc1Nc1cccc(Cl)c1Cl. The van der Waals surface area contributed by atoms with Gasteiger partial charge in [0, 0.05) is 12.7 Å². The molecule has 0 fully saturated rings. The summed E-state index contributed by atoms with van der Waals surface area (Å²) in [6.45, 7) is 0. The molecule has 0 heterocycles. The molecule has 6 heteroatoms. The lowest BCUT2D eigenvalue weighted by Crippen LogP contribution is -2.19. The third-order valence-corrected chi connectivity index (χ3v) is 3.56. The van der Waals surface area contributed by atoms with Crippen molar-refractivity contribution in [1.82, 2.24) is 5.32 Å². The molecule has 2 aromatic carbocycles. The Hall–Kier alpha value is -1.91. The maximum absolute atomic E-state index is 11.9. The first kappa shape index (κ1) is 14.5. The molecule has 0 spiro atoms. The van der Waals surface area contributed by atoms with Crippen molar-refractivity contribution >= 4 is 46.2 Å². The average molecular weight is 310 g/mol. The number of anilines is 3. The minimum Gasteiger partial charge on any atom is -0.399 e. The first-order valence-electron chi connectivity index (χ1n) is 5.85. The van der Waals surface area contributed by atoms with Gasteiger partial charge in [-0.1, -0.05) is 29.3 Å². The molecule has 104 valence electrons. The zero-order valence-electron chi connectivity index (χ0n) is 10.7. The fourth-order valence-electron chi connectivity index (χ4n) is 1.74. The van der Waals surface area contributed by atoms with Crippen LogP contribution in [0.4, 0.5) is 17.1 Å². The van der Waals surface area contributed by atoms with Crippen molar-refractivity contribution in [2.24, 2.45) is 0 Å². The van der Waals surface area contributed by atoms with E-state index in [1.807, 2.05) is 0 Å². The van der Waals surface area contributed by atoms with Crippen molar-refractivity contribution < 1.29 is 4.79 Å². The van der Waals surface area contributed by atoms with Crippen LogP contribution in [0.2, 0.25) is 10.0 Å². The van der Waals surface area contributed by atoms with Crippen LogP contribution in [-0.2, 0) is 0 Å². The summed E-state index contributed by atoms with van der Waals surface area (Å²) < 4.78 is 0. The molecule has 0 aliphatic carbocycles. The standard InChI is InChI=1S/C14H13Cl2N3O/c1-18-14(20)9-7-8(17)5-6-11(9)19-12-4-2-3-10(15)13(12)16/h2-7,19H,17H2,1H3,(H,18,20). The third-order valence-electron chi connectivity index (χ3n) is 2.74. The van der Waals surface area contributed by atoms with Crippen LogP contribution in [0.3, 0.4) is 0 Å². The van der Waals surface area contributed by atoms with Crippen LogP contribution < -0.4 is 16.4 Å². The van der Waals surface area contributed by atoms with Crippen LogP contribution in [-0.4, -0.2) is 13.0 Å². The molecule has 20 heavy (non-hydrogen) atoms. The molecule has 1 amide bonds. The average Bonchev–Trinajstić information content (AvgIpc) is 2.44. The van der Waals surface area contributed by atoms with Gasteiger partial charge in [-0.25, -0.2) is 0 Å². The van der Waals surface area contributed by atoms with E-state index in [1.165, 1.54) is 0 Å². The van der Waals surface area contributed by atoms with Gasteiger partial charge < -0.3 is 16.4 Å². The molecule has 0 aliphatic heterocycles. The van der Waals surface area contributed by atoms with Crippen LogP contribution in [0.15, 0.2) is 36.4 Å². The molecular formula is C14H13Cl2N3O. The van der Waals surface area contributed by atoms with Crippen molar-refractivity contribution in [2.75, 3.05) is 18.1 Å². The van der Waals surface area contributed by atoms with E-state index in [4.69, 9.17) is 28.9 Å². The van der Waals surface area contributed by atoms with E-state index in [9.17, 15) is 4.79 Å². The highest BCUT2D eigenvalue weighted by atomic mass is 35.5. The Morgan fingerprint density at radius 3 is 2.60 bits per heavy atom. The van der Waals surface area contributed by atoms with Gasteiger partial charge in [0.1, 0.15) is 0 Å². The summed E-state index contributed by atoms with van der Waals surface area (Å²) in [7, 11) is 1.56. The van der Waals surface area contributed by atoms with Gasteiger partial charge in [-0.15, -0.1) is 0 Å². The molecular weight excluding hydrogens is 297 g/mol. The molecule has 0 aromatic heterocycles. The van der Waals surface area contributed by atoms with Gasteiger partial charge in [-0.3, -0.25) is 4.79 Å². The second-order valence-corrected chi connectivity index (χ2v) is 4.90. The smallest absolute Gasteiger partial charge is 0.253 e. The number of benzene rings is 2. The molecule has 2 rings (SSSR count). The second kappa shape index (κ2) is 6.03. The van der Waals surface area contributed by atoms with Gasteiger partial charge >= 0.3 is 0 Å². The third kappa shape index (κ3) is 2.98. The van der Waals surface area contributed by atoms with Crippen molar-refractivity contribution in [3.8, 4) is 0 Å². The van der Waals surface area contributed by atoms with Crippen molar-refractivity contribution in [3.63, 3.8) is 0 Å². The highest BCUT2D eigenvalue weighted by Crippen LogP contribution is 2.33. The summed E-state index contributed by atoms with van der Waals surface area (Å²) in [6.07, 6.45) is 0. The Morgan fingerprint density at radius 2 is 1.90 bits per heavy atom. The number of amides is 1. The highest BCUT2D eigenvalue weighted by Gasteiger charge is 2.12. The number of nitrogens with one attached hydrogen (secondary N) is 2. The summed E-state index contributed by atoms with van der Waals surface area (Å²) >= 11 is 12.1. The number of hydrogen-bond acceptors (Lipinski definition) is 3. The predicted octanol–water partition coefficient (Wildman–Crippen LogP) is 3.68. The number of nitrogen functional groups attached to an aromatic ring is 1. The van der Waals surface area contributed by atoms with Gasteiger partial charge in [0.15, 0.2) is 0 Å². The summed E-state index contributed by atoms with van der Waals surface area (Å²) in [5.41, 5.74) is 7.87. The predicted molar refractivity (Wildman–Crippen MR) is 84.0 cm³/mol. The molecule has 0 bridgehead atoms. The van der Waals surface area contributed by atoms with Crippen molar-refractivity contribution in [3.05, 3.63) is 52.0 Å². The van der Waals surface area contributed by atoms with E-state index >= 15 is 0 Å². The van der Waals surface area contributed by atoms with E-state index in [2.05, 4.69) is 10.6 Å². The number of halogens is 2. The summed E-state index contributed by atoms with van der Waals surface area (Å²) in [5, 5.41) is 6.49. The zero-order valence-corrected chi connectivity index (χ0v) is 12.2. The number of carbonyl (C=O) groups is 1. The Morgan fingerprint density at radius 1 is 1.15 bits per heavy atom. The zero-order chi connectivity index (χ0) is 14.7. The molecule has 0 saturated carbocycles. The minimum atomic E-state index is -0.238. The minimum absolute atomic E-state index is 0.238. The summed E-state index contributed by atoms with van der Waals surface area (Å²) in [4.78, 5) is 11.9. The lowest BCUT2D eigenvalue weighted by atomic mass is 10.1. The van der Waals surface area contributed by atoms with Crippen LogP contribution in [0, 0.1) is 0 Å². The molecule has 0 radical (unpaired) electrons. The molecule has 0 saturated heterocycles. The van der Waals surface area contributed by atoms with Crippen LogP contribution >= 0.6 is 23.2 Å². The monoisotopic (exact) mass is 309 g/mol. The first-order chi connectivity index (χ1) is 9.52. The second-order valence-electron chi connectivity index (χ2n) is 4.11. The van der Waals surface area contributed by atoms with Gasteiger partial charge in [-0.2, -0.15) is 0 Å². The lowest BCUT2D eigenvalue weighted by molar-refractivity contribution is 0.0964. The van der Waals surface area contributed by atoms with E-state index < -0.39 is 0 Å². The fourth-order valence-corrected chi connectivity index (χ4v) is 2.09. The van der Waals surface area contributed by atoms with Crippen LogP contribution in [0.25, 0.3) is 0 Å². The van der Waals surface area contributed by atoms with Gasteiger partial charge in [-0.05, 0) is 30.3 Å². The molecule has 4 N–H and O–H groups in total. The first-order valence-corrected chi connectivity index (χ1v) is 6.61. The molecule has 2 aromatic rings. The van der Waals surface area contributed by atoms with Crippen LogP contribution in [0.5, 0.6) is 0 Å². The van der Waals surface area contributed by atoms with E-state index in [1.54, 1.807) is 43.4 Å². The topological polar surface area (TPSA) is 67.2 Å². The molecule has 0 atom stereocenters. The number of nitrogens with two attached hydrogens (primary N) is 1. The Kier molecular flexibility index (Phi) is 4.37. The molecule has 4 nitrogen and oxygen atoms in total. The van der Waals surface area contributed by atoms with Crippen LogP contribution in [0.1, 0.15) is 10.4 Å². The fraction of sp³-hybridized carbons (Fsp3) is 0.0714. The van der Waals surface area contributed by atoms with Crippen molar-refractivity contribution in [1.29, 1.82) is 0 Å². The Balaban J connectivity index is 2.43. The number of rotatable bonds is 3. The largest absolute Gasteiger partial charge is 0.399 e. The maximum atomic E-state index is 11.9. The number of carbonyl (C=O) groups excluding carboxylic acids is 1. The van der Waals surface area contributed by atoms with Gasteiger partial charge in [0.2, 0.25) is 0 Å². The maximum Gasteiger partial charge on any atom is 0.253 e. The van der Waals surface area contributed by atoms with Gasteiger partial charge in [0.25, 0.3) is 5.91 Å². The number of hydrogen-bond donors (Lipinski definition) is 3. The summed E-state index contributed by atoms with van der Waals surface area (Å²) in [5.74, 6) is -0.238. The highest BCUT2D eigenvalue weighted by molar-refractivity contribution is 6.43. The van der Waals surface area contributed by atoms with E-state index in [0.717, 1.165) is 0 Å². The normalized spacial score (nSPS) is 10.2. The quantitative estimate of drug-likeness (QED) is 0.758. The van der Waals surface area contributed by atoms with E-state index in [-0.39, 0.29) is 5.91 Å². The lowest BCUT2D eigenvalue weighted by Gasteiger charge is -2.13. The van der Waals surface area contributed by atoms with Gasteiger partial charge in [0.05, 0.1) is 27.0 Å². The Bertz CT molecular complexity index is 659. The molecule has 0 unspecified atom stereocenters.